The van der Waals surface area contributed by atoms with Crippen LogP contribution in [0.5, 0.6) is 0 Å². The van der Waals surface area contributed by atoms with Crippen LogP contribution in [0.25, 0.3) is 101 Å². The lowest BCUT2D eigenvalue weighted by Gasteiger charge is -2.42. The second-order valence-corrected chi connectivity index (χ2v) is 26.5. The predicted octanol–water partition coefficient (Wildman–Crippen LogP) is 17.6. The fraction of sp³-hybridized carbons (Fsp3) is 0.250. The van der Waals surface area contributed by atoms with E-state index in [1.165, 1.54) is 147 Å². The summed E-state index contributed by atoms with van der Waals surface area (Å²) in [6.07, 6.45) is 2.39. The molecule has 0 saturated carbocycles. The lowest BCUT2D eigenvalue weighted by Crippen LogP contribution is -2.60. The van der Waals surface area contributed by atoms with E-state index < -0.39 is 0 Å². The van der Waals surface area contributed by atoms with Gasteiger partial charge >= 0.3 is 6.85 Å². The van der Waals surface area contributed by atoms with E-state index in [0.29, 0.717) is 0 Å². The Kier molecular flexibility index (Phi) is 7.90. The number of thiophene rings is 2. The van der Waals surface area contributed by atoms with Gasteiger partial charge in [-0.2, -0.15) is 0 Å². The zero-order valence-electron chi connectivity index (χ0n) is 41.7. The molecule has 12 aromatic rings. The summed E-state index contributed by atoms with van der Waals surface area (Å²) in [6.45, 7) is 23.7. The molecule has 0 unspecified atom stereocenters. The highest BCUT2D eigenvalue weighted by molar-refractivity contribution is 7.26. The minimum Gasteiger partial charge on any atom is -0.455 e. The average molecular weight is 943 g/mol. The largest absolute Gasteiger partial charge is 0.455 e. The van der Waals surface area contributed by atoms with Crippen LogP contribution in [0.15, 0.2) is 132 Å². The number of para-hydroxylation sites is 1. The topological polar surface area (TPSA) is 21.3 Å². The summed E-state index contributed by atoms with van der Waals surface area (Å²) in [5, 5.41) is 10.2. The van der Waals surface area contributed by atoms with Crippen LogP contribution < -0.4 is 15.7 Å². The first-order valence-electron chi connectivity index (χ1n) is 25.3. The number of aromatic nitrogens is 1. The molecular weight excluding hydrogens is 888 g/mol. The van der Waals surface area contributed by atoms with Crippen LogP contribution in [0.2, 0.25) is 0 Å². The highest BCUT2D eigenvalue weighted by atomic mass is 32.1. The number of anilines is 2. The Morgan fingerprint density at radius 2 is 1.17 bits per heavy atom. The Balaban J connectivity index is 1.17. The van der Waals surface area contributed by atoms with Crippen LogP contribution in [0.3, 0.4) is 0 Å². The van der Waals surface area contributed by atoms with Gasteiger partial charge in [0.15, 0.2) is 0 Å². The van der Waals surface area contributed by atoms with Crippen molar-refractivity contribution < 1.29 is 4.42 Å². The summed E-state index contributed by atoms with van der Waals surface area (Å²) < 4.78 is 15.3. The molecule has 3 aliphatic rings. The van der Waals surface area contributed by atoms with E-state index in [1.54, 1.807) is 0 Å². The number of rotatable bonds is 1. The van der Waals surface area contributed by atoms with Crippen molar-refractivity contribution in [3.63, 3.8) is 0 Å². The van der Waals surface area contributed by atoms with Gasteiger partial charge in [0.2, 0.25) is 0 Å². The molecule has 70 heavy (non-hydrogen) atoms. The van der Waals surface area contributed by atoms with Gasteiger partial charge in [0, 0.05) is 79.1 Å². The maximum absolute atomic E-state index is 7.34. The molecule has 0 radical (unpaired) electrons. The van der Waals surface area contributed by atoms with E-state index in [0.717, 1.165) is 11.2 Å². The van der Waals surface area contributed by atoms with Gasteiger partial charge < -0.3 is 13.8 Å². The molecule has 15 rings (SSSR count). The number of nitrogens with zero attached hydrogens (tertiary/aromatic N) is 2. The van der Waals surface area contributed by atoms with Gasteiger partial charge in [-0.05, 0) is 146 Å². The van der Waals surface area contributed by atoms with Crippen molar-refractivity contribution in [2.45, 2.75) is 104 Å². The SMILES string of the molecule is CC(C)(C)c1ccc(N2B3c4cc5sc6ccccc6c5cc4-n4c5ccc(C(C)(C)C)cc5c5c6oc7ccccc7c6c(c3c54)-c3cc4c(cc32)sc2cc3c(cc24)C(C)(C)CCC3(C)C)cc1. The third kappa shape index (κ3) is 5.37. The third-order valence-corrected chi connectivity index (χ3v) is 19.4. The second kappa shape index (κ2) is 13.3. The summed E-state index contributed by atoms with van der Waals surface area (Å²) >= 11 is 3.89. The smallest absolute Gasteiger partial charge is 0.333 e. The molecule has 0 atom stereocenters. The third-order valence-electron chi connectivity index (χ3n) is 17.1. The van der Waals surface area contributed by atoms with Crippen LogP contribution in [0.1, 0.15) is 104 Å². The van der Waals surface area contributed by atoms with Crippen molar-refractivity contribution in [3.05, 3.63) is 150 Å². The van der Waals surface area contributed by atoms with Gasteiger partial charge in [0.1, 0.15) is 11.2 Å². The van der Waals surface area contributed by atoms with E-state index in [9.17, 15) is 0 Å². The maximum atomic E-state index is 7.34. The Hall–Kier alpha value is -6.34. The number of hydrogen-bond donors (Lipinski definition) is 0. The van der Waals surface area contributed by atoms with Crippen LogP contribution >= 0.6 is 22.7 Å². The molecule has 6 heterocycles. The molecule has 6 heteroatoms. The number of hydrogen-bond acceptors (Lipinski definition) is 4. The molecule has 8 aromatic carbocycles. The summed E-state index contributed by atoms with van der Waals surface area (Å²) in [6, 6.07) is 50.0. The monoisotopic (exact) mass is 942 g/mol. The number of fused-ring (bicyclic) bond motifs is 20. The zero-order valence-corrected chi connectivity index (χ0v) is 43.4. The average Bonchev–Trinajstić information content (AvgIpc) is 4.09. The quantitative estimate of drug-likeness (QED) is 0.153. The summed E-state index contributed by atoms with van der Waals surface area (Å²) in [4.78, 5) is 2.73. The van der Waals surface area contributed by atoms with Crippen molar-refractivity contribution in [2.24, 2.45) is 0 Å². The molecule has 0 bridgehead atoms. The van der Waals surface area contributed by atoms with Crippen LogP contribution in [0, 0.1) is 0 Å². The van der Waals surface area contributed by atoms with Crippen LogP contribution in [-0.4, -0.2) is 11.4 Å². The Morgan fingerprint density at radius 1 is 0.543 bits per heavy atom. The van der Waals surface area contributed by atoms with Crippen molar-refractivity contribution in [2.75, 3.05) is 4.81 Å². The number of furan rings is 1. The minimum atomic E-state index is -0.132. The van der Waals surface area contributed by atoms with Gasteiger partial charge in [-0.25, -0.2) is 0 Å². The Labute approximate surface area is 417 Å². The second-order valence-electron chi connectivity index (χ2n) is 24.3. The predicted molar refractivity (Wildman–Crippen MR) is 306 cm³/mol. The molecule has 0 spiro atoms. The Bertz CT molecular complexity index is 4330. The first-order valence-corrected chi connectivity index (χ1v) is 26.9. The van der Waals surface area contributed by atoms with E-state index in [2.05, 4.69) is 206 Å². The summed E-state index contributed by atoms with van der Waals surface area (Å²) in [5.41, 5.74) is 19.3. The molecule has 0 fully saturated rings. The van der Waals surface area contributed by atoms with E-state index in [1.807, 2.05) is 22.7 Å². The lowest BCUT2D eigenvalue weighted by atomic mass is 9.43. The standard InChI is InChI=1S/C64H55BN2OS2/c1-61(2,3)34-19-22-36(23-20-34)67-48-33-54-39(40-29-44-45(31-52(40)70-54)64(9,10)26-25-63(44,7)8)28-43(48)55-56-38-16-11-13-17-50(38)68-60(56)57-42-27-35(62(4,5)6)21-24-47(42)66-49-30-41-37-15-12-14-18-51(37)69-53(41)32-46(49)65(67)58(55)59(57)66/h11-24,27-33H,25-26H2,1-10H3. The molecule has 0 N–H and O–H groups in total. The van der Waals surface area contributed by atoms with Gasteiger partial charge in [0.25, 0.3) is 0 Å². The first kappa shape index (κ1) is 41.4. The van der Waals surface area contributed by atoms with Crippen LogP contribution in [-0.2, 0) is 21.7 Å². The lowest BCUT2D eigenvalue weighted by molar-refractivity contribution is 0.332. The zero-order chi connectivity index (χ0) is 47.7. The van der Waals surface area contributed by atoms with E-state index in [-0.39, 0.29) is 28.5 Å². The van der Waals surface area contributed by atoms with Crippen molar-refractivity contribution in [1.29, 1.82) is 0 Å². The fourth-order valence-electron chi connectivity index (χ4n) is 13.2. The minimum absolute atomic E-state index is 0.0215. The molecule has 0 saturated heterocycles. The molecule has 342 valence electrons. The molecular formula is C64H55BN2OS2. The van der Waals surface area contributed by atoms with Gasteiger partial charge in [-0.1, -0.05) is 124 Å². The van der Waals surface area contributed by atoms with Gasteiger partial charge in [-0.15, -0.1) is 22.7 Å². The van der Waals surface area contributed by atoms with Crippen molar-refractivity contribution >= 4 is 136 Å². The number of benzene rings is 8. The fourth-order valence-corrected chi connectivity index (χ4v) is 15.5. The molecule has 2 aliphatic heterocycles. The van der Waals surface area contributed by atoms with Gasteiger partial charge in [0.05, 0.1) is 16.4 Å². The van der Waals surface area contributed by atoms with E-state index in [4.69, 9.17) is 4.42 Å². The molecule has 4 aromatic heterocycles. The highest BCUT2D eigenvalue weighted by Crippen LogP contribution is 2.55. The first-order chi connectivity index (χ1) is 33.4. The highest BCUT2D eigenvalue weighted by Gasteiger charge is 2.47. The van der Waals surface area contributed by atoms with E-state index >= 15 is 0 Å². The summed E-state index contributed by atoms with van der Waals surface area (Å²) in [5.74, 6) is 0. The molecule has 1 aliphatic carbocycles. The maximum Gasteiger partial charge on any atom is 0.333 e. The van der Waals surface area contributed by atoms with Gasteiger partial charge in [-0.3, -0.25) is 0 Å². The van der Waals surface area contributed by atoms with Crippen LogP contribution in [0.4, 0.5) is 11.4 Å². The normalized spacial score (nSPS) is 16.2. The summed E-state index contributed by atoms with van der Waals surface area (Å²) in [7, 11) is 0. The van der Waals surface area contributed by atoms with Crippen molar-refractivity contribution in [1.82, 2.24) is 4.57 Å². The van der Waals surface area contributed by atoms with Crippen molar-refractivity contribution in [3.8, 4) is 16.8 Å². The Morgan fingerprint density at radius 3 is 1.93 bits per heavy atom. The molecule has 3 nitrogen and oxygen atoms in total. The molecule has 0 amide bonds.